The molecule has 0 saturated carbocycles. The molecule has 100 valence electrons. The van der Waals surface area contributed by atoms with Crippen molar-refractivity contribution in [3.63, 3.8) is 0 Å². The summed E-state index contributed by atoms with van der Waals surface area (Å²) in [6.45, 7) is 2.28. The molecule has 0 atom stereocenters. The highest BCUT2D eigenvalue weighted by molar-refractivity contribution is 7.91. The molecule has 0 aromatic heterocycles. The minimum atomic E-state index is -6.33. The van der Waals surface area contributed by atoms with Gasteiger partial charge in [-0.25, -0.2) is 0 Å². The van der Waals surface area contributed by atoms with Gasteiger partial charge in [-0.15, -0.1) is 0 Å². The van der Waals surface area contributed by atoms with Gasteiger partial charge in [-0.05, 0) is 19.4 Å². The summed E-state index contributed by atoms with van der Waals surface area (Å²) >= 11 is 0. The van der Waals surface area contributed by atoms with Crippen molar-refractivity contribution in [3.05, 3.63) is 11.6 Å². The molecule has 0 amide bonds. The maximum atomic E-state index is 12.5. The van der Waals surface area contributed by atoms with Crippen molar-refractivity contribution in [2.45, 2.75) is 25.3 Å². The largest absolute Gasteiger partial charge is 0.858 e. The van der Waals surface area contributed by atoms with Crippen LogP contribution in [-0.2, 0) is 10.0 Å². The van der Waals surface area contributed by atoms with Crippen molar-refractivity contribution in [3.8, 4) is 0 Å². The number of alkyl halides is 5. The van der Waals surface area contributed by atoms with Crippen LogP contribution < -0.4 is 5.11 Å². The highest BCUT2D eigenvalue weighted by Crippen LogP contribution is 2.40. The monoisotopic (exact) mass is 280 g/mol. The van der Waals surface area contributed by atoms with Crippen LogP contribution >= 0.6 is 0 Å². The molecule has 0 aromatic carbocycles. The molecule has 0 fully saturated rings. The van der Waals surface area contributed by atoms with Gasteiger partial charge in [-0.2, -0.15) is 34.8 Å². The Kier molecular flexibility index (Phi) is 4.27. The van der Waals surface area contributed by atoms with Crippen molar-refractivity contribution >= 4 is 15.9 Å². The quantitative estimate of drug-likeness (QED) is 0.443. The molecule has 0 spiro atoms. The Morgan fingerprint density at radius 1 is 1.24 bits per heavy atom. The van der Waals surface area contributed by atoms with Crippen molar-refractivity contribution in [2.75, 3.05) is 0 Å². The summed E-state index contributed by atoms with van der Waals surface area (Å²) in [4.78, 5) is 0. The van der Waals surface area contributed by atoms with Crippen LogP contribution in [0, 0.1) is 0 Å². The maximum absolute atomic E-state index is 12.5. The molecular weight excluding hydrogens is 273 g/mol. The van der Waals surface area contributed by atoms with Crippen LogP contribution in [-0.4, -0.2) is 25.7 Å². The number of hydrogen-bond donors (Lipinski definition) is 0. The number of hydrogen-bond acceptors (Lipinski definition) is 3. The SMILES string of the molecule is C/C=C(C)/C([O-])=N/S(=O)(=O)C(F)(F)C(F)(F)F. The zero-order valence-corrected chi connectivity index (χ0v) is 9.36. The second-order valence-electron chi connectivity index (χ2n) is 2.86. The molecule has 0 aliphatic heterocycles. The van der Waals surface area contributed by atoms with Gasteiger partial charge in [0.1, 0.15) is 0 Å². The smallest absolute Gasteiger partial charge is 0.471 e. The van der Waals surface area contributed by atoms with E-state index in [4.69, 9.17) is 0 Å². The molecule has 17 heavy (non-hydrogen) atoms. The van der Waals surface area contributed by atoms with Crippen LogP contribution in [0.15, 0.2) is 16.0 Å². The average Bonchev–Trinajstić information content (AvgIpc) is 2.13. The second kappa shape index (κ2) is 4.59. The van der Waals surface area contributed by atoms with E-state index < -0.39 is 27.4 Å². The Morgan fingerprint density at radius 2 is 1.65 bits per heavy atom. The maximum Gasteiger partial charge on any atom is 0.471 e. The normalized spacial score (nSPS) is 16.2. The Balaban J connectivity index is 5.63. The van der Waals surface area contributed by atoms with Gasteiger partial charge in [-0.3, -0.25) is 0 Å². The summed E-state index contributed by atoms with van der Waals surface area (Å²) in [6.07, 6.45) is -5.31. The Labute approximate surface area is 93.5 Å². The lowest BCUT2D eigenvalue weighted by molar-refractivity contribution is -0.241. The number of allylic oxidation sites excluding steroid dienone is 1. The lowest BCUT2D eigenvalue weighted by Crippen LogP contribution is -2.43. The molecule has 0 aliphatic carbocycles. The molecule has 10 heteroatoms. The molecule has 0 heterocycles. The average molecular weight is 280 g/mol. The second-order valence-corrected chi connectivity index (χ2v) is 4.50. The Hall–Kier alpha value is -1.19. The molecule has 0 aromatic rings. The van der Waals surface area contributed by atoms with Gasteiger partial charge in [0.25, 0.3) is 0 Å². The zero-order valence-electron chi connectivity index (χ0n) is 8.55. The van der Waals surface area contributed by atoms with Crippen LogP contribution in [0.5, 0.6) is 0 Å². The zero-order chi connectivity index (χ0) is 14.1. The predicted octanol–water partition coefficient (Wildman–Crippen LogP) is 1.20. The van der Waals surface area contributed by atoms with Gasteiger partial charge in [0.15, 0.2) is 0 Å². The third-order valence-electron chi connectivity index (χ3n) is 1.63. The lowest BCUT2D eigenvalue weighted by Gasteiger charge is -2.19. The fourth-order valence-electron chi connectivity index (χ4n) is 0.508. The topological polar surface area (TPSA) is 69.6 Å². The number of nitrogens with zero attached hydrogens (tertiary/aromatic N) is 1. The van der Waals surface area contributed by atoms with E-state index in [1.165, 1.54) is 6.92 Å². The minimum absolute atomic E-state index is 0.369. The Bertz CT molecular complexity index is 449. The van der Waals surface area contributed by atoms with E-state index in [2.05, 4.69) is 0 Å². The summed E-state index contributed by atoms with van der Waals surface area (Å²) in [7, 11) is -6.30. The summed E-state index contributed by atoms with van der Waals surface area (Å²) < 4.78 is 83.4. The molecule has 0 rings (SSSR count). The molecule has 0 aliphatic rings. The van der Waals surface area contributed by atoms with E-state index in [-0.39, 0.29) is 5.57 Å². The van der Waals surface area contributed by atoms with Gasteiger partial charge in [0.2, 0.25) is 0 Å². The van der Waals surface area contributed by atoms with Gasteiger partial charge in [0.05, 0.1) is 0 Å². The van der Waals surface area contributed by atoms with Crippen molar-refractivity contribution in [2.24, 2.45) is 4.40 Å². The predicted molar refractivity (Wildman–Crippen MR) is 46.8 cm³/mol. The van der Waals surface area contributed by atoms with Gasteiger partial charge in [-0.1, -0.05) is 6.08 Å². The van der Waals surface area contributed by atoms with Crippen LogP contribution in [0.25, 0.3) is 0 Å². The summed E-state index contributed by atoms with van der Waals surface area (Å²) in [6, 6.07) is 0. The summed E-state index contributed by atoms with van der Waals surface area (Å²) in [5.74, 6) is -1.67. The summed E-state index contributed by atoms with van der Waals surface area (Å²) in [5.41, 5.74) is -0.369. The fourth-order valence-corrected chi connectivity index (χ4v) is 1.28. The molecule has 0 N–H and O–H groups in total. The Morgan fingerprint density at radius 3 is 1.94 bits per heavy atom. The van der Waals surface area contributed by atoms with Gasteiger partial charge in [0, 0.05) is 5.90 Å². The minimum Gasteiger partial charge on any atom is -0.858 e. The first kappa shape index (κ1) is 15.8. The van der Waals surface area contributed by atoms with Crippen LogP contribution in [0.1, 0.15) is 13.8 Å². The van der Waals surface area contributed by atoms with E-state index >= 15 is 0 Å². The van der Waals surface area contributed by atoms with Crippen LogP contribution in [0.4, 0.5) is 22.0 Å². The first-order valence-electron chi connectivity index (χ1n) is 3.96. The van der Waals surface area contributed by atoms with Gasteiger partial charge < -0.3 is 5.11 Å². The van der Waals surface area contributed by atoms with Gasteiger partial charge >= 0.3 is 21.5 Å². The van der Waals surface area contributed by atoms with E-state index in [1.807, 2.05) is 4.40 Å². The molecule has 4 nitrogen and oxygen atoms in total. The van der Waals surface area contributed by atoms with Crippen molar-refractivity contribution in [1.29, 1.82) is 0 Å². The van der Waals surface area contributed by atoms with Crippen molar-refractivity contribution < 1.29 is 35.5 Å². The molecule has 0 saturated heterocycles. The number of sulfonamides is 1. The fraction of sp³-hybridized carbons (Fsp3) is 0.571. The number of rotatable bonds is 3. The van der Waals surface area contributed by atoms with Crippen LogP contribution in [0.3, 0.4) is 0 Å². The standard InChI is InChI=1S/C7H8F5NO3S/c1-3-4(2)5(14)13-17(15,16)7(11,12)6(8,9)10/h3H,1-2H3,(H,13,14)/p-1/b4-3+. The molecule has 0 bridgehead atoms. The third kappa shape index (κ3) is 3.14. The van der Waals surface area contributed by atoms with Crippen LogP contribution in [0.2, 0.25) is 0 Å². The lowest BCUT2D eigenvalue weighted by atomic mass is 10.3. The first-order valence-corrected chi connectivity index (χ1v) is 5.40. The van der Waals surface area contributed by atoms with E-state index in [0.717, 1.165) is 13.0 Å². The van der Waals surface area contributed by atoms with E-state index in [1.54, 1.807) is 0 Å². The highest BCUT2D eigenvalue weighted by atomic mass is 32.2. The van der Waals surface area contributed by atoms with E-state index in [0.29, 0.717) is 0 Å². The third-order valence-corrected chi connectivity index (χ3v) is 2.91. The van der Waals surface area contributed by atoms with E-state index in [9.17, 15) is 35.5 Å². The summed E-state index contributed by atoms with van der Waals surface area (Å²) in [5, 5.41) is 4.75. The highest BCUT2D eigenvalue weighted by Gasteiger charge is 2.67. The molecular formula is C7H7F5NO3S-. The molecule has 0 unspecified atom stereocenters. The first-order chi connectivity index (χ1) is 7.37. The van der Waals surface area contributed by atoms with Crippen molar-refractivity contribution in [1.82, 2.24) is 0 Å². The number of halogens is 5. The molecule has 0 radical (unpaired) electrons.